The van der Waals surface area contributed by atoms with Gasteiger partial charge in [0.1, 0.15) is 0 Å². The fourth-order valence-corrected chi connectivity index (χ4v) is 1.83. The number of carbonyl (C=O) groups excluding carboxylic acids is 1. The van der Waals surface area contributed by atoms with Crippen molar-refractivity contribution < 1.29 is 9.90 Å². The largest absolute Gasteiger partial charge is 0.387 e. The van der Waals surface area contributed by atoms with Crippen molar-refractivity contribution in [3.63, 3.8) is 0 Å². The fourth-order valence-electron chi connectivity index (χ4n) is 1.12. The minimum absolute atomic E-state index is 0. The van der Waals surface area contributed by atoms with Gasteiger partial charge in [-0.05, 0) is 29.4 Å². The molecule has 16 heavy (non-hydrogen) atoms. The Morgan fingerprint density at radius 2 is 2.38 bits per heavy atom. The van der Waals surface area contributed by atoms with Gasteiger partial charge in [-0.25, -0.2) is 0 Å². The molecule has 3 N–H and O–H groups in total. The third-order valence-electron chi connectivity index (χ3n) is 2.02. The van der Waals surface area contributed by atoms with Gasteiger partial charge < -0.3 is 15.7 Å². The molecule has 1 aromatic rings. The van der Waals surface area contributed by atoms with Crippen LogP contribution in [-0.2, 0) is 4.79 Å². The quantitative estimate of drug-likeness (QED) is 0.716. The van der Waals surface area contributed by atoms with Crippen LogP contribution in [0, 0.1) is 0 Å². The third kappa shape index (κ3) is 5.46. The molecule has 0 aliphatic carbocycles. The van der Waals surface area contributed by atoms with Gasteiger partial charge in [0.05, 0.1) is 6.10 Å². The van der Waals surface area contributed by atoms with Crippen molar-refractivity contribution in [2.75, 3.05) is 20.1 Å². The lowest BCUT2D eigenvalue weighted by molar-refractivity contribution is -0.121. The molecule has 1 heterocycles. The van der Waals surface area contributed by atoms with Gasteiger partial charge in [-0.1, -0.05) is 0 Å². The lowest BCUT2D eigenvalue weighted by atomic mass is 10.2. The number of nitrogens with one attached hydrogen (secondary N) is 2. The van der Waals surface area contributed by atoms with Gasteiger partial charge in [-0.3, -0.25) is 4.79 Å². The van der Waals surface area contributed by atoms with Crippen LogP contribution < -0.4 is 10.6 Å². The van der Waals surface area contributed by atoms with E-state index in [2.05, 4.69) is 10.6 Å². The van der Waals surface area contributed by atoms with Crippen molar-refractivity contribution >= 4 is 29.7 Å². The Morgan fingerprint density at radius 3 is 2.94 bits per heavy atom. The third-order valence-corrected chi connectivity index (χ3v) is 2.72. The van der Waals surface area contributed by atoms with Gasteiger partial charge in [0.2, 0.25) is 5.91 Å². The number of hydrogen-bond donors (Lipinski definition) is 3. The molecule has 0 spiro atoms. The summed E-state index contributed by atoms with van der Waals surface area (Å²) in [4.78, 5) is 11.2. The number of hydrogen-bond acceptors (Lipinski definition) is 4. The van der Waals surface area contributed by atoms with Gasteiger partial charge in [0.25, 0.3) is 0 Å². The Balaban J connectivity index is 0.00000225. The van der Waals surface area contributed by atoms with E-state index in [-0.39, 0.29) is 24.9 Å². The van der Waals surface area contributed by atoms with E-state index < -0.39 is 6.10 Å². The van der Waals surface area contributed by atoms with Crippen LogP contribution in [0.15, 0.2) is 16.8 Å². The van der Waals surface area contributed by atoms with Gasteiger partial charge in [-0.15, -0.1) is 12.4 Å². The van der Waals surface area contributed by atoms with E-state index in [9.17, 15) is 9.90 Å². The van der Waals surface area contributed by atoms with E-state index in [0.717, 1.165) is 5.56 Å². The Kier molecular flexibility index (Phi) is 8.19. The highest BCUT2D eigenvalue weighted by atomic mass is 35.5. The van der Waals surface area contributed by atoms with Crippen molar-refractivity contribution in [1.82, 2.24) is 10.6 Å². The molecular weight excluding hydrogens is 248 g/mol. The summed E-state index contributed by atoms with van der Waals surface area (Å²) in [5.74, 6) is -0.0429. The van der Waals surface area contributed by atoms with Crippen LogP contribution in [0.5, 0.6) is 0 Å². The molecule has 0 saturated carbocycles. The van der Waals surface area contributed by atoms with E-state index in [1.165, 1.54) is 11.3 Å². The Bertz CT molecular complexity index is 293. The first-order chi connectivity index (χ1) is 7.24. The summed E-state index contributed by atoms with van der Waals surface area (Å²) in [6.07, 6.45) is -0.165. The zero-order valence-corrected chi connectivity index (χ0v) is 10.7. The van der Waals surface area contributed by atoms with Crippen LogP contribution in [0.3, 0.4) is 0 Å². The average molecular weight is 265 g/mol. The molecule has 92 valence electrons. The minimum Gasteiger partial charge on any atom is -0.387 e. The molecule has 0 fully saturated rings. The van der Waals surface area contributed by atoms with E-state index in [4.69, 9.17) is 0 Å². The maximum absolute atomic E-state index is 11.2. The summed E-state index contributed by atoms with van der Waals surface area (Å²) in [5.41, 5.74) is 0.855. The molecule has 0 aromatic carbocycles. The number of aliphatic hydroxyl groups is 1. The van der Waals surface area contributed by atoms with Crippen molar-refractivity contribution in [3.05, 3.63) is 22.4 Å². The number of thiophene rings is 1. The van der Waals surface area contributed by atoms with Crippen molar-refractivity contribution in [1.29, 1.82) is 0 Å². The topological polar surface area (TPSA) is 61.4 Å². The standard InChI is InChI=1S/C10H16N2O2S.ClH/c1-11-4-2-10(14)12-6-9(13)8-3-5-15-7-8;/h3,5,7,9,11,13H,2,4,6H2,1H3,(H,12,14);1H. The first-order valence-electron chi connectivity index (χ1n) is 4.85. The normalized spacial score (nSPS) is 11.6. The number of aliphatic hydroxyl groups excluding tert-OH is 1. The first-order valence-corrected chi connectivity index (χ1v) is 5.79. The Morgan fingerprint density at radius 1 is 1.62 bits per heavy atom. The monoisotopic (exact) mass is 264 g/mol. The van der Waals surface area contributed by atoms with Gasteiger partial charge in [0.15, 0.2) is 0 Å². The molecule has 1 amide bonds. The summed E-state index contributed by atoms with van der Waals surface area (Å²) >= 11 is 1.53. The highest BCUT2D eigenvalue weighted by Crippen LogP contribution is 2.14. The fraction of sp³-hybridized carbons (Fsp3) is 0.500. The highest BCUT2D eigenvalue weighted by molar-refractivity contribution is 7.07. The first kappa shape index (κ1) is 15.4. The summed E-state index contributed by atoms with van der Waals surface area (Å²) in [7, 11) is 1.80. The molecule has 0 aliphatic rings. The van der Waals surface area contributed by atoms with Crippen molar-refractivity contribution in [3.8, 4) is 0 Å². The molecule has 4 nitrogen and oxygen atoms in total. The molecule has 6 heteroatoms. The molecule has 0 aliphatic heterocycles. The van der Waals surface area contributed by atoms with Crippen molar-refractivity contribution in [2.24, 2.45) is 0 Å². The maximum atomic E-state index is 11.2. The van der Waals surface area contributed by atoms with Gasteiger partial charge in [-0.2, -0.15) is 11.3 Å². The highest BCUT2D eigenvalue weighted by Gasteiger charge is 2.09. The summed E-state index contributed by atoms with van der Waals surface area (Å²) < 4.78 is 0. The summed E-state index contributed by atoms with van der Waals surface area (Å²) in [5, 5.41) is 19.0. The Labute approximate surface area is 105 Å². The number of halogens is 1. The van der Waals surface area contributed by atoms with E-state index in [1.54, 1.807) is 7.05 Å². The second kappa shape index (κ2) is 8.52. The van der Waals surface area contributed by atoms with E-state index in [1.807, 2.05) is 16.8 Å². The number of carbonyl (C=O) groups is 1. The molecule has 0 radical (unpaired) electrons. The molecule has 0 bridgehead atoms. The SMILES string of the molecule is CNCCC(=O)NCC(O)c1ccsc1.Cl. The van der Waals surface area contributed by atoms with E-state index >= 15 is 0 Å². The minimum atomic E-state index is -0.602. The molecule has 1 aromatic heterocycles. The van der Waals surface area contributed by atoms with Gasteiger partial charge >= 0.3 is 0 Å². The van der Waals surface area contributed by atoms with E-state index in [0.29, 0.717) is 13.0 Å². The van der Waals surface area contributed by atoms with Crippen LogP contribution in [0.2, 0.25) is 0 Å². The average Bonchev–Trinajstić information content (AvgIpc) is 2.76. The molecular formula is C10H17ClN2O2S. The van der Waals surface area contributed by atoms with Crippen LogP contribution in [0.4, 0.5) is 0 Å². The number of amides is 1. The predicted molar refractivity (Wildman–Crippen MR) is 68.1 cm³/mol. The lowest BCUT2D eigenvalue weighted by Crippen LogP contribution is -2.30. The molecule has 1 atom stereocenters. The zero-order chi connectivity index (χ0) is 11.1. The second-order valence-corrected chi connectivity index (χ2v) is 4.01. The molecule has 1 rings (SSSR count). The summed E-state index contributed by atoms with van der Waals surface area (Å²) in [6.45, 7) is 0.930. The predicted octanol–water partition coefficient (Wildman–Crippen LogP) is 0.929. The van der Waals surface area contributed by atoms with Crippen molar-refractivity contribution in [2.45, 2.75) is 12.5 Å². The van der Waals surface area contributed by atoms with Gasteiger partial charge in [0, 0.05) is 19.5 Å². The maximum Gasteiger partial charge on any atom is 0.221 e. The molecule has 0 saturated heterocycles. The van der Waals surface area contributed by atoms with Crippen LogP contribution in [0.25, 0.3) is 0 Å². The van der Waals surface area contributed by atoms with Crippen LogP contribution in [0.1, 0.15) is 18.1 Å². The van der Waals surface area contributed by atoms with Crippen LogP contribution >= 0.6 is 23.7 Å². The Hall–Kier alpha value is -0.620. The molecule has 1 unspecified atom stereocenters. The smallest absolute Gasteiger partial charge is 0.221 e. The number of rotatable bonds is 6. The zero-order valence-electron chi connectivity index (χ0n) is 9.10. The van der Waals surface area contributed by atoms with Crippen LogP contribution in [-0.4, -0.2) is 31.2 Å². The lowest BCUT2D eigenvalue weighted by Gasteiger charge is -2.10. The summed E-state index contributed by atoms with van der Waals surface area (Å²) in [6, 6.07) is 1.86. The second-order valence-electron chi connectivity index (χ2n) is 3.23.